The van der Waals surface area contributed by atoms with Crippen LogP contribution in [0.25, 0.3) is 0 Å². The first kappa shape index (κ1) is 15.7. The minimum atomic E-state index is -0.229. The van der Waals surface area contributed by atoms with E-state index in [0.717, 1.165) is 24.5 Å². The largest absolute Gasteiger partial charge is 0.378 e. The Morgan fingerprint density at radius 3 is 3.10 bits per heavy atom. The van der Waals surface area contributed by atoms with Crippen molar-refractivity contribution >= 4 is 11.7 Å². The van der Waals surface area contributed by atoms with Crippen molar-refractivity contribution in [2.45, 2.75) is 32.5 Å². The fraction of sp³-hybridized carbons (Fsp3) is 0.600. The van der Waals surface area contributed by atoms with Crippen molar-refractivity contribution in [3.63, 3.8) is 0 Å². The molecule has 0 spiro atoms. The molecule has 116 valence electrons. The molecule has 0 aromatic carbocycles. The van der Waals surface area contributed by atoms with Crippen LogP contribution in [0.2, 0.25) is 0 Å². The Bertz CT molecular complexity index is 478. The number of carbonyl (C=O) groups is 1. The van der Waals surface area contributed by atoms with Gasteiger partial charge in [0.25, 0.3) is 0 Å². The topological polar surface area (TPSA) is 66.5 Å². The van der Waals surface area contributed by atoms with Gasteiger partial charge in [-0.2, -0.15) is 0 Å². The van der Waals surface area contributed by atoms with E-state index < -0.39 is 0 Å². The van der Waals surface area contributed by atoms with E-state index in [2.05, 4.69) is 20.5 Å². The number of ether oxygens (including phenoxy) is 1. The van der Waals surface area contributed by atoms with Gasteiger partial charge in [-0.05, 0) is 31.5 Å². The quantitative estimate of drug-likeness (QED) is 0.842. The Kier molecular flexibility index (Phi) is 5.52. The van der Waals surface area contributed by atoms with Gasteiger partial charge in [-0.1, -0.05) is 0 Å². The second kappa shape index (κ2) is 7.38. The summed E-state index contributed by atoms with van der Waals surface area (Å²) >= 11 is 0. The number of anilines is 1. The molecule has 1 atom stereocenters. The predicted molar refractivity (Wildman–Crippen MR) is 82.1 cm³/mol. The fourth-order valence-corrected chi connectivity index (χ4v) is 2.39. The Hall–Kier alpha value is -1.66. The van der Waals surface area contributed by atoms with E-state index in [-0.39, 0.29) is 18.0 Å². The van der Waals surface area contributed by atoms with Gasteiger partial charge in [0.15, 0.2) is 0 Å². The van der Waals surface area contributed by atoms with Crippen molar-refractivity contribution < 1.29 is 9.53 Å². The Balaban J connectivity index is 2.06. The van der Waals surface area contributed by atoms with Gasteiger partial charge < -0.3 is 15.4 Å². The SMILES string of the molecule is CNc1cc(CN2CCOCC2C(=O)NC(C)C)ccn1. The van der Waals surface area contributed by atoms with Crippen molar-refractivity contribution in [2.24, 2.45) is 0 Å². The molecule has 1 amide bonds. The lowest BCUT2D eigenvalue weighted by Crippen LogP contribution is -2.54. The number of nitrogens with zero attached hydrogens (tertiary/aromatic N) is 2. The molecule has 6 nitrogen and oxygen atoms in total. The smallest absolute Gasteiger partial charge is 0.239 e. The van der Waals surface area contributed by atoms with Crippen LogP contribution >= 0.6 is 0 Å². The summed E-state index contributed by atoms with van der Waals surface area (Å²) in [4.78, 5) is 18.6. The maximum Gasteiger partial charge on any atom is 0.239 e. The predicted octanol–water partition coefficient (Wildman–Crippen LogP) is 0.849. The van der Waals surface area contributed by atoms with Crippen LogP contribution < -0.4 is 10.6 Å². The zero-order chi connectivity index (χ0) is 15.2. The molecule has 0 radical (unpaired) electrons. The zero-order valence-corrected chi connectivity index (χ0v) is 12.9. The third kappa shape index (κ3) is 4.41. The molecule has 1 aliphatic heterocycles. The number of pyridine rings is 1. The van der Waals surface area contributed by atoms with Crippen LogP contribution in [0.1, 0.15) is 19.4 Å². The van der Waals surface area contributed by atoms with Crippen LogP contribution in [-0.2, 0) is 16.1 Å². The van der Waals surface area contributed by atoms with Gasteiger partial charge >= 0.3 is 0 Å². The molecule has 1 unspecified atom stereocenters. The first-order chi connectivity index (χ1) is 10.1. The molecule has 1 aliphatic rings. The Labute approximate surface area is 125 Å². The molecule has 0 bridgehead atoms. The highest BCUT2D eigenvalue weighted by Gasteiger charge is 2.29. The molecule has 21 heavy (non-hydrogen) atoms. The third-order valence-corrected chi connectivity index (χ3v) is 3.44. The average Bonchev–Trinajstić information content (AvgIpc) is 2.47. The summed E-state index contributed by atoms with van der Waals surface area (Å²) in [5, 5.41) is 6.00. The molecule has 2 rings (SSSR count). The number of aromatic nitrogens is 1. The average molecular weight is 292 g/mol. The highest BCUT2D eigenvalue weighted by molar-refractivity contribution is 5.82. The van der Waals surface area contributed by atoms with E-state index in [0.29, 0.717) is 13.2 Å². The summed E-state index contributed by atoms with van der Waals surface area (Å²) in [7, 11) is 1.85. The number of hydrogen-bond donors (Lipinski definition) is 2. The molecule has 6 heteroatoms. The van der Waals surface area contributed by atoms with E-state index in [4.69, 9.17) is 4.74 Å². The van der Waals surface area contributed by atoms with Crippen LogP contribution in [0.5, 0.6) is 0 Å². The van der Waals surface area contributed by atoms with Gasteiger partial charge in [0.2, 0.25) is 5.91 Å². The highest BCUT2D eigenvalue weighted by Crippen LogP contribution is 2.14. The molecule has 1 aromatic rings. The summed E-state index contributed by atoms with van der Waals surface area (Å²) in [5.41, 5.74) is 1.14. The maximum atomic E-state index is 12.3. The highest BCUT2D eigenvalue weighted by atomic mass is 16.5. The van der Waals surface area contributed by atoms with Crippen LogP contribution in [0.15, 0.2) is 18.3 Å². The lowest BCUT2D eigenvalue weighted by molar-refractivity contribution is -0.133. The Morgan fingerprint density at radius 2 is 2.38 bits per heavy atom. The summed E-state index contributed by atoms with van der Waals surface area (Å²) < 4.78 is 5.47. The first-order valence-electron chi connectivity index (χ1n) is 7.35. The third-order valence-electron chi connectivity index (χ3n) is 3.44. The van der Waals surface area contributed by atoms with Crippen LogP contribution in [0.4, 0.5) is 5.82 Å². The van der Waals surface area contributed by atoms with Crippen LogP contribution in [0, 0.1) is 0 Å². The zero-order valence-electron chi connectivity index (χ0n) is 12.9. The van der Waals surface area contributed by atoms with Crippen molar-refractivity contribution in [2.75, 3.05) is 32.1 Å². The first-order valence-corrected chi connectivity index (χ1v) is 7.35. The van der Waals surface area contributed by atoms with E-state index in [1.165, 1.54) is 0 Å². The van der Waals surface area contributed by atoms with Crippen LogP contribution in [0.3, 0.4) is 0 Å². The fourth-order valence-electron chi connectivity index (χ4n) is 2.39. The summed E-state index contributed by atoms with van der Waals surface area (Å²) in [6.45, 7) is 6.52. The van der Waals surface area contributed by atoms with E-state index in [9.17, 15) is 4.79 Å². The standard InChI is InChI=1S/C15H24N4O2/c1-11(2)18-15(20)13-10-21-7-6-19(13)9-12-4-5-17-14(8-12)16-3/h4-5,8,11,13H,6-7,9-10H2,1-3H3,(H,16,17)(H,18,20). The van der Waals surface area contributed by atoms with E-state index in [1.54, 1.807) is 6.20 Å². The van der Waals surface area contributed by atoms with E-state index >= 15 is 0 Å². The van der Waals surface area contributed by atoms with Crippen molar-refractivity contribution in [3.8, 4) is 0 Å². The number of carbonyl (C=O) groups excluding carboxylic acids is 1. The number of hydrogen-bond acceptors (Lipinski definition) is 5. The lowest BCUT2D eigenvalue weighted by atomic mass is 10.1. The minimum Gasteiger partial charge on any atom is -0.378 e. The van der Waals surface area contributed by atoms with Crippen molar-refractivity contribution in [3.05, 3.63) is 23.9 Å². The number of rotatable bonds is 5. The molecule has 0 saturated carbocycles. The van der Waals surface area contributed by atoms with Gasteiger partial charge in [0, 0.05) is 32.4 Å². The Morgan fingerprint density at radius 1 is 1.57 bits per heavy atom. The van der Waals surface area contributed by atoms with Gasteiger partial charge in [-0.25, -0.2) is 4.98 Å². The number of morpholine rings is 1. The van der Waals surface area contributed by atoms with E-state index in [1.807, 2.05) is 33.0 Å². The molecule has 1 fully saturated rings. The summed E-state index contributed by atoms with van der Waals surface area (Å²) in [6, 6.07) is 3.89. The van der Waals surface area contributed by atoms with Gasteiger partial charge in [-0.3, -0.25) is 9.69 Å². The normalized spacial score (nSPS) is 19.5. The second-order valence-corrected chi connectivity index (χ2v) is 5.52. The monoisotopic (exact) mass is 292 g/mol. The summed E-state index contributed by atoms with van der Waals surface area (Å²) in [6.07, 6.45) is 1.78. The number of amides is 1. The van der Waals surface area contributed by atoms with Crippen LogP contribution in [-0.4, -0.2) is 54.7 Å². The van der Waals surface area contributed by atoms with Gasteiger partial charge in [0.05, 0.1) is 13.2 Å². The maximum absolute atomic E-state index is 12.3. The van der Waals surface area contributed by atoms with Gasteiger partial charge in [-0.15, -0.1) is 0 Å². The molecular formula is C15H24N4O2. The molecule has 1 saturated heterocycles. The second-order valence-electron chi connectivity index (χ2n) is 5.52. The summed E-state index contributed by atoms with van der Waals surface area (Å²) in [5.74, 6) is 0.872. The minimum absolute atomic E-state index is 0.0348. The van der Waals surface area contributed by atoms with Crippen molar-refractivity contribution in [1.82, 2.24) is 15.2 Å². The molecule has 1 aromatic heterocycles. The molecule has 2 heterocycles. The molecule has 2 N–H and O–H groups in total. The lowest BCUT2D eigenvalue weighted by Gasteiger charge is -2.35. The van der Waals surface area contributed by atoms with Crippen molar-refractivity contribution in [1.29, 1.82) is 0 Å². The molecular weight excluding hydrogens is 268 g/mol. The molecule has 0 aliphatic carbocycles. The number of nitrogens with one attached hydrogen (secondary N) is 2. The van der Waals surface area contributed by atoms with Gasteiger partial charge in [0.1, 0.15) is 11.9 Å².